The molecule has 6 nitrogen and oxygen atoms in total. The molecule has 0 N–H and O–H groups in total. The molecule has 1 heterocycles. The van der Waals surface area contributed by atoms with Crippen molar-refractivity contribution >= 4 is 39.8 Å². The number of hydrogen-bond donors (Lipinski definition) is 0. The zero-order valence-electron chi connectivity index (χ0n) is 18.5. The van der Waals surface area contributed by atoms with Crippen molar-refractivity contribution in [1.82, 2.24) is 0 Å². The van der Waals surface area contributed by atoms with Crippen LogP contribution in [0.25, 0.3) is 0 Å². The van der Waals surface area contributed by atoms with Crippen molar-refractivity contribution in [2.75, 3.05) is 27.2 Å². The minimum Gasteiger partial charge on any atom is -0.489 e. The van der Waals surface area contributed by atoms with Crippen LogP contribution in [-0.2, 0) is 27.5 Å². The fourth-order valence-electron chi connectivity index (χ4n) is 3.94. The third-order valence-corrected chi connectivity index (χ3v) is 6.56. The summed E-state index contributed by atoms with van der Waals surface area (Å²) in [5.74, 6) is 0.401. The van der Waals surface area contributed by atoms with Crippen LogP contribution in [0.4, 0.5) is 0 Å². The number of likely N-dealkylation sites (tertiary alicyclic amines) is 1. The van der Waals surface area contributed by atoms with E-state index in [4.69, 9.17) is 25.8 Å². The number of quaternary nitrogens is 1. The van der Waals surface area contributed by atoms with Crippen LogP contribution in [0.15, 0.2) is 40.9 Å². The van der Waals surface area contributed by atoms with Crippen LogP contribution in [0.2, 0.25) is 5.02 Å². The van der Waals surface area contributed by atoms with Crippen LogP contribution in [0.3, 0.4) is 0 Å². The number of esters is 1. The SMILES string of the molecule is CCOC(=O)C1CC(OCc2cc(C=O)cc(OCc3ccc(Cl)cc3Br)c2)C[N+]1(C)C. The van der Waals surface area contributed by atoms with Gasteiger partial charge in [-0.2, -0.15) is 0 Å². The van der Waals surface area contributed by atoms with E-state index in [2.05, 4.69) is 15.9 Å². The van der Waals surface area contributed by atoms with E-state index in [1.165, 1.54) is 0 Å². The Morgan fingerprint density at radius 2 is 2.00 bits per heavy atom. The van der Waals surface area contributed by atoms with E-state index >= 15 is 0 Å². The maximum absolute atomic E-state index is 12.3. The van der Waals surface area contributed by atoms with E-state index in [1.54, 1.807) is 18.2 Å². The maximum Gasteiger partial charge on any atom is 0.365 e. The zero-order valence-corrected chi connectivity index (χ0v) is 20.8. The molecule has 172 valence electrons. The van der Waals surface area contributed by atoms with Crippen molar-refractivity contribution in [3.8, 4) is 5.75 Å². The van der Waals surface area contributed by atoms with E-state index in [0.717, 1.165) is 21.9 Å². The van der Waals surface area contributed by atoms with Gasteiger partial charge in [0.05, 0.1) is 27.3 Å². The van der Waals surface area contributed by atoms with Crippen molar-refractivity contribution in [2.45, 2.75) is 38.7 Å². The molecule has 1 fully saturated rings. The Labute approximate surface area is 202 Å². The van der Waals surface area contributed by atoms with Crippen molar-refractivity contribution < 1.29 is 28.3 Å². The maximum atomic E-state index is 12.3. The summed E-state index contributed by atoms with van der Waals surface area (Å²) in [7, 11) is 4.03. The molecule has 0 saturated carbocycles. The number of likely N-dealkylation sites (N-methyl/N-ethyl adjacent to an activating group) is 1. The lowest BCUT2D eigenvalue weighted by Crippen LogP contribution is -2.49. The van der Waals surface area contributed by atoms with Gasteiger partial charge in [0, 0.05) is 27.0 Å². The van der Waals surface area contributed by atoms with Crippen LogP contribution in [-0.4, -0.2) is 56.1 Å². The Bertz CT molecular complexity index is 981. The summed E-state index contributed by atoms with van der Waals surface area (Å²) in [6.45, 7) is 3.55. The Hall–Kier alpha value is -1.93. The van der Waals surface area contributed by atoms with Gasteiger partial charge < -0.3 is 18.7 Å². The van der Waals surface area contributed by atoms with Gasteiger partial charge in [0.25, 0.3) is 0 Å². The molecule has 0 aliphatic carbocycles. The van der Waals surface area contributed by atoms with Gasteiger partial charge in [0.15, 0.2) is 6.04 Å². The highest BCUT2D eigenvalue weighted by Crippen LogP contribution is 2.28. The van der Waals surface area contributed by atoms with Crippen LogP contribution < -0.4 is 4.74 Å². The second-order valence-electron chi connectivity index (χ2n) is 8.45. The summed E-state index contributed by atoms with van der Waals surface area (Å²) in [4.78, 5) is 23.7. The molecule has 0 amide bonds. The first-order valence-electron chi connectivity index (χ1n) is 10.5. The predicted octanol–water partition coefficient (Wildman–Crippen LogP) is 4.79. The largest absolute Gasteiger partial charge is 0.489 e. The summed E-state index contributed by atoms with van der Waals surface area (Å²) in [5.41, 5.74) is 2.30. The molecule has 32 heavy (non-hydrogen) atoms. The monoisotopic (exact) mass is 524 g/mol. The average molecular weight is 526 g/mol. The Kier molecular flexibility index (Phi) is 8.33. The van der Waals surface area contributed by atoms with E-state index < -0.39 is 0 Å². The van der Waals surface area contributed by atoms with Gasteiger partial charge in [-0.1, -0.05) is 33.6 Å². The lowest BCUT2D eigenvalue weighted by atomic mass is 10.1. The van der Waals surface area contributed by atoms with Crippen LogP contribution in [0.1, 0.15) is 34.8 Å². The molecule has 2 aromatic rings. The fourth-order valence-corrected chi connectivity index (χ4v) is 4.73. The second-order valence-corrected chi connectivity index (χ2v) is 9.74. The van der Waals surface area contributed by atoms with E-state index in [1.807, 2.05) is 39.2 Å². The van der Waals surface area contributed by atoms with Gasteiger partial charge in [-0.3, -0.25) is 4.79 Å². The third-order valence-electron chi connectivity index (χ3n) is 5.58. The summed E-state index contributed by atoms with van der Waals surface area (Å²) in [6, 6.07) is 10.6. The van der Waals surface area contributed by atoms with Gasteiger partial charge in [-0.15, -0.1) is 0 Å². The van der Waals surface area contributed by atoms with Crippen LogP contribution in [0.5, 0.6) is 5.75 Å². The van der Waals surface area contributed by atoms with E-state index in [-0.39, 0.29) is 18.1 Å². The highest BCUT2D eigenvalue weighted by atomic mass is 79.9. The molecule has 2 aromatic carbocycles. The van der Waals surface area contributed by atoms with Crippen molar-refractivity contribution in [3.05, 3.63) is 62.6 Å². The quantitative estimate of drug-likeness (QED) is 0.268. The molecule has 2 atom stereocenters. The molecule has 0 radical (unpaired) electrons. The normalized spacial score (nSPS) is 19.5. The van der Waals surface area contributed by atoms with Gasteiger partial charge in [-0.05, 0) is 42.8 Å². The van der Waals surface area contributed by atoms with Gasteiger partial charge >= 0.3 is 5.97 Å². The number of nitrogens with zero attached hydrogens (tertiary/aromatic N) is 1. The molecule has 8 heteroatoms. The molecule has 0 bridgehead atoms. The number of ether oxygens (including phenoxy) is 3. The van der Waals surface area contributed by atoms with Gasteiger partial charge in [0.1, 0.15) is 31.3 Å². The highest BCUT2D eigenvalue weighted by Gasteiger charge is 2.46. The van der Waals surface area contributed by atoms with Gasteiger partial charge in [-0.25, -0.2) is 4.79 Å². The average Bonchev–Trinajstić information content (AvgIpc) is 3.06. The molecular weight excluding hydrogens is 498 g/mol. The third kappa shape index (κ3) is 6.32. The Balaban J connectivity index is 1.64. The standard InChI is InChI=1S/C24H28BrClNO5/c1-4-30-24(29)23-11-21(12-27(23,2)3)31-14-17-7-16(13-28)8-20(9-17)32-15-18-5-6-19(26)10-22(18)25/h5-10,13,21,23H,4,11-12,14-15H2,1-3H3/q+1. The first kappa shape index (κ1) is 24.7. The lowest BCUT2D eigenvalue weighted by molar-refractivity contribution is -0.895. The van der Waals surface area contributed by atoms with Crippen molar-refractivity contribution in [3.63, 3.8) is 0 Å². The first-order valence-corrected chi connectivity index (χ1v) is 11.7. The van der Waals surface area contributed by atoms with Crippen molar-refractivity contribution in [1.29, 1.82) is 0 Å². The molecule has 0 spiro atoms. The predicted molar refractivity (Wildman–Crippen MR) is 126 cm³/mol. The number of benzene rings is 2. The number of carbonyl (C=O) groups is 2. The topological polar surface area (TPSA) is 61.8 Å². The molecule has 1 aliphatic rings. The second kappa shape index (κ2) is 10.8. The Morgan fingerprint density at radius 1 is 1.22 bits per heavy atom. The van der Waals surface area contributed by atoms with Crippen molar-refractivity contribution in [2.24, 2.45) is 0 Å². The van der Waals surface area contributed by atoms with E-state index in [0.29, 0.717) is 53.6 Å². The first-order chi connectivity index (χ1) is 15.2. The Morgan fingerprint density at radius 3 is 2.69 bits per heavy atom. The minimum absolute atomic E-state index is 0.0753. The molecule has 1 aliphatic heterocycles. The van der Waals surface area contributed by atoms with Crippen LogP contribution in [0, 0.1) is 0 Å². The number of aldehydes is 1. The minimum atomic E-state index is -0.238. The summed E-state index contributed by atoms with van der Waals surface area (Å²) >= 11 is 9.48. The smallest absolute Gasteiger partial charge is 0.365 e. The summed E-state index contributed by atoms with van der Waals surface area (Å²) in [5, 5.41) is 0.641. The van der Waals surface area contributed by atoms with Crippen LogP contribution >= 0.6 is 27.5 Å². The highest BCUT2D eigenvalue weighted by molar-refractivity contribution is 9.10. The molecule has 0 aromatic heterocycles. The number of carbonyl (C=O) groups excluding carboxylic acids is 2. The number of hydrogen-bond acceptors (Lipinski definition) is 5. The number of halogens is 2. The zero-order chi connectivity index (χ0) is 23.3. The molecule has 1 saturated heterocycles. The molecule has 2 unspecified atom stereocenters. The summed E-state index contributed by atoms with van der Waals surface area (Å²) in [6.07, 6.45) is 1.32. The molecular formula is C24H28BrClNO5+. The molecule has 3 rings (SSSR count). The van der Waals surface area contributed by atoms with Gasteiger partial charge in [0.2, 0.25) is 0 Å². The fraction of sp³-hybridized carbons (Fsp3) is 0.417. The van der Waals surface area contributed by atoms with E-state index in [9.17, 15) is 9.59 Å². The lowest BCUT2D eigenvalue weighted by Gasteiger charge is -2.29. The summed E-state index contributed by atoms with van der Waals surface area (Å²) < 4.78 is 18.7. The number of rotatable bonds is 9.